The van der Waals surface area contributed by atoms with Crippen LogP contribution in [0.15, 0.2) is 54.6 Å². The van der Waals surface area contributed by atoms with Crippen LogP contribution >= 0.6 is 0 Å². The van der Waals surface area contributed by atoms with Crippen molar-refractivity contribution in [1.29, 1.82) is 0 Å². The lowest BCUT2D eigenvalue weighted by Gasteiger charge is -2.44. The third-order valence-corrected chi connectivity index (χ3v) is 4.98. The molecule has 1 saturated heterocycles. The Morgan fingerprint density at radius 2 is 1.68 bits per heavy atom. The number of carbonyl (C=O) groups is 1. The molecule has 0 aliphatic carbocycles. The van der Waals surface area contributed by atoms with Crippen molar-refractivity contribution in [2.45, 2.75) is 30.4 Å². The SMILES string of the molecule is O=C1N2Cc3ccccc3NC2(c2ccccc2)CC1(O)C(F)(F)F. The van der Waals surface area contributed by atoms with Crippen molar-refractivity contribution in [3.63, 3.8) is 0 Å². The molecule has 2 atom stereocenters. The van der Waals surface area contributed by atoms with Crippen molar-refractivity contribution >= 4 is 11.6 Å². The number of alkyl halides is 3. The van der Waals surface area contributed by atoms with Crippen LogP contribution in [0.25, 0.3) is 0 Å². The lowest BCUT2D eigenvalue weighted by Crippen LogP contribution is -2.53. The minimum atomic E-state index is -5.06. The Kier molecular flexibility index (Phi) is 3.18. The summed E-state index contributed by atoms with van der Waals surface area (Å²) >= 11 is 0. The summed E-state index contributed by atoms with van der Waals surface area (Å²) < 4.78 is 40.6. The number of fused-ring (bicyclic) bond motifs is 2. The van der Waals surface area contributed by atoms with E-state index in [1.165, 1.54) is 0 Å². The molecule has 1 fully saturated rings. The fourth-order valence-corrected chi connectivity index (χ4v) is 3.70. The highest BCUT2D eigenvalue weighted by molar-refractivity contribution is 5.91. The van der Waals surface area contributed by atoms with Crippen molar-refractivity contribution in [2.75, 3.05) is 5.32 Å². The van der Waals surface area contributed by atoms with Gasteiger partial charge >= 0.3 is 6.18 Å². The Morgan fingerprint density at radius 1 is 1.04 bits per heavy atom. The van der Waals surface area contributed by atoms with Crippen molar-refractivity contribution in [2.24, 2.45) is 0 Å². The van der Waals surface area contributed by atoms with Gasteiger partial charge in [-0.1, -0.05) is 48.5 Å². The minimum Gasteiger partial charge on any atom is -0.372 e. The predicted octanol–water partition coefficient (Wildman–Crippen LogP) is 2.99. The van der Waals surface area contributed by atoms with Gasteiger partial charge in [0.05, 0.1) is 6.54 Å². The van der Waals surface area contributed by atoms with Crippen LogP contribution in [0.2, 0.25) is 0 Å². The molecule has 0 aromatic heterocycles. The largest absolute Gasteiger partial charge is 0.426 e. The highest BCUT2D eigenvalue weighted by atomic mass is 19.4. The molecular formula is C18H15F3N2O2. The van der Waals surface area contributed by atoms with Gasteiger partial charge in [-0.05, 0) is 17.2 Å². The van der Waals surface area contributed by atoms with E-state index in [9.17, 15) is 23.1 Å². The van der Waals surface area contributed by atoms with Gasteiger partial charge in [0.2, 0.25) is 5.60 Å². The van der Waals surface area contributed by atoms with Gasteiger partial charge in [0, 0.05) is 12.1 Å². The molecule has 2 aromatic rings. The first-order chi connectivity index (χ1) is 11.8. The van der Waals surface area contributed by atoms with Gasteiger partial charge in [0.1, 0.15) is 5.66 Å². The average molecular weight is 348 g/mol. The Labute approximate surface area is 141 Å². The van der Waals surface area contributed by atoms with Crippen LogP contribution in [-0.4, -0.2) is 27.7 Å². The standard InChI is InChI=1S/C18H15F3N2O2/c19-18(20,21)16(25)11-17(13-7-2-1-3-8-13)22-14-9-5-4-6-12(14)10-23(17)15(16)24/h1-9,22,25H,10-11H2. The number of halogens is 3. The maximum atomic E-state index is 13.5. The zero-order valence-electron chi connectivity index (χ0n) is 13.0. The Bertz CT molecular complexity index is 840. The molecule has 2 aromatic carbocycles. The maximum Gasteiger partial charge on any atom is 0.426 e. The molecule has 0 radical (unpaired) electrons. The number of nitrogens with zero attached hydrogens (tertiary/aromatic N) is 1. The number of anilines is 1. The van der Waals surface area contributed by atoms with E-state index in [-0.39, 0.29) is 6.54 Å². The van der Waals surface area contributed by atoms with Gasteiger partial charge in [-0.2, -0.15) is 13.2 Å². The summed E-state index contributed by atoms with van der Waals surface area (Å²) in [5.41, 5.74) is -3.01. The number of amides is 1. The summed E-state index contributed by atoms with van der Waals surface area (Å²) in [6.45, 7) is -0.00467. The lowest BCUT2D eigenvalue weighted by atomic mass is 9.88. The minimum absolute atomic E-state index is 0.00467. The summed E-state index contributed by atoms with van der Waals surface area (Å²) in [4.78, 5) is 13.7. The molecule has 130 valence electrons. The molecule has 25 heavy (non-hydrogen) atoms. The zero-order chi connectivity index (χ0) is 17.9. The topological polar surface area (TPSA) is 52.6 Å². The van der Waals surface area contributed by atoms with E-state index >= 15 is 0 Å². The Hall–Kier alpha value is -2.54. The third-order valence-electron chi connectivity index (χ3n) is 4.98. The van der Waals surface area contributed by atoms with E-state index in [4.69, 9.17) is 0 Å². The molecule has 0 spiro atoms. The molecule has 2 aliphatic heterocycles. The fraction of sp³-hybridized carbons (Fsp3) is 0.278. The van der Waals surface area contributed by atoms with E-state index in [0.717, 1.165) is 4.90 Å². The van der Waals surface area contributed by atoms with Gasteiger partial charge in [0.25, 0.3) is 5.91 Å². The number of benzene rings is 2. The molecule has 2 aliphatic rings. The Morgan fingerprint density at radius 3 is 2.36 bits per heavy atom. The first-order valence-corrected chi connectivity index (χ1v) is 7.81. The van der Waals surface area contributed by atoms with Gasteiger partial charge in [-0.25, -0.2) is 0 Å². The van der Waals surface area contributed by atoms with Gasteiger partial charge < -0.3 is 15.3 Å². The molecule has 2 heterocycles. The molecule has 7 heteroatoms. The second kappa shape index (κ2) is 4.98. The van der Waals surface area contributed by atoms with E-state index in [2.05, 4.69) is 5.32 Å². The highest BCUT2D eigenvalue weighted by Crippen LogP contribution is 2.53. The van der Waals surface area contributed by atoms with E-state index in [1.54, 1.807) is 54.6 Å². The van der Waals surface area contributed by atoms with Gasteiger partial charge in [0.15, 0.2) is 0 Å². The third kappa shape index (κ3) is 2.08. The number of hydrogen-bond donors (Lipinski definition) is 2. The van der Waals surface area contributed by atoms with Gasteiger partial charge in [-0.3, -0.25) is 4.79 Å². The summed E-state index contributed by atoms with van der Waals surface area (Å²) in [6, 6.07) is 15.5. The second-order valence-electron chi connectivity index (χ2n) is 6.43. The number of rotatable bonds is 1. The maximum absolute atomic E-state index is 13.5. The first kappa shape index (κ1) is 16.0. The first-order valence-electron chi connectivity index (χ1n) is 7.81. The van der Waals surface area contributed by atoms with Crippen LogP contribution in [0.1, 0.15) is 17.5 Å². The van der Waals surface area contributed by atoms with E-state index in [0.29, 0.717) is 16.8 Å². The molecule has 2 N–H and O–H groups in total. The fourth-order valence-electron chi connectivity index (χ4n) is 3.70. The number of nitrogens with one attached hydrogen (secondary N) is 1. The van der Waals surface area contributed by atoms with E-state index in [1.807, 2.05) is 0 Å². The molecule has 0 saturated carbocycles. The monoisotopic (exact) mass is 348 g/mol. The van der Waals surface area contributed by atoms with Crippen LogP contribution < -0.4 is 5.32 Å². The molecule has 0 bridgehead atoms. The average Bonchev–Trinajstić information content (AvgIpc) is 2.83. The summed E-state index contributed by atoms with van der Waals surface area (Å²) in [5.74, 6) is -1.33. The van der Waals surface area contributed by atoms with Crippen LogP contribution in [0.3, 0.4) is 0 Å². The number of carbonyl (C=O) groups excluding carboxylic acids is 1. The molecular weight excluding hydrogens is 333 g/mol. The van der Waals surface area contributed by atoms with Crippen molar-refractivity contribution in [3.8, 4) is 0 Å². The van der Waals surface area contributed by atoms with Crippen LogP contribution in [-0.2, 0) is 17.0 Å². The molecule has 4 nitrogen and oxygen atoms in total. The number of aliphatic hydroxyl groups is 1. The smallest absolute Gasteiger partial charge is 0.372 e. The lowest BCUT2D eigenvalue weighted by molar-refractivity contribution is -0.249. The van der Waals surface area contributed by atoms with E-state index < -0.39 is 29.8 Å². The number of para-hydroxylation sites is 1. The molecule has 4 rings (SSSR count). The molecule has 2 unspecified atom stereocenters. The van der Waals surface area contributed by atoms with Crippen LogP contribution in [0.4, 0.5) is 18.9 Å². The quantitative estimate of drug-likeness (QED) is 0.833. The summed E-state index contributed by atoms with van der Waals surface area (Å²) in [5, 5.41) is 13.4. The predicted molar refractivity (Wildman–Crippen MR) is 84.4 cm³/mol. The van der Waals surface area contributed by atoms with Crippen molar-refractivity contribution in [1.82, 2.24) is 4.90 Å². The van der Waals surface area contributed by atoms with Gasteiger partial charge in [-0.15, -0.1) is 0 Å². The molecule has 1 amide bonds. The summed E-state index contributed by atoms with van der Waals surface area (Å²) in [7, 11) is 0. The zero-order valence-corrected chi connectivity index (χ0v) is 13.0. The van der Waals surface area contributed by atoms with Crippen LogP contribution in [0, 0.1) is 0 Å². The normalized spacial score (nSPS) is 28.3. The highest BCUT2D eigenvalue weighted by Gasteiger charge is 2.71. The van der Waals surface area contributed by atoms with Crippen molar-refractivity contribution < 1.29 is 23.1 Å². The number of hydrogen-bond acceptors (Lipinski definition) is 3. The summed E-state index contributed by atoms with van der Waals surface area (Å²) in [6.07, 6.45) is -5.86. The Balaban J connectivity index is 1.92. The van der Waals surface area contributed by atoms with Crippen LogP contribution in [0.5, 0.6) is 0 Å². The van der Waals surface area contributed by atoms with Crippen molar-refractivity contribution in [3.05, 3.63) is 65.7 Å². The second-order valence-corrected chi connectivity index (χ2v) is 6.43.